The summed E-state index contributed by atoms with van der Waals surface area (Å²) in [5.41, 5.74) is 13.9. The van der Waals surface area contributed by atoms with Crippen molar-refractivity contribution in [3.05, 3.63) is 188 Å². The second-order valence-electron chi connectivity index (χ2n) is 14.1. The van der Waals surface area contributed by atoms with Gasteiger partial charge in [-0.1, -0.05) is 127 Å². The van der Waals surface area contributed by atoms with Crippen LogP contribution < -0.4 is 0 Å². The van der Waals surface area contributed by atoms with E-state index in [0.29, 0.717) is 0 Å². The quantitative estimate of drug-likeness (QED) is 0.166. The van der Waals surface area contributed by atoms with E-state index in [1.54, 1.807) is 12.4 Å². The predicted molar refractivity (Wildman–Crippen MR) is 230 cm³/mol. The van der Waals surface area contributed by atoms with Gasteiger partial charge < -0.3 is 0 Å². The van der Waals surface area contributed by atoms with Gasteiger partial charge >= 0.3 is 0 Å². The molecule has 0 unspecified atom stereocenters. The van der Waals surface area contributed by atoms with Gasteiger partial charge in [-0.3, -0.25) is 4.98 Å². The third-order valence-corrected chi connectivity index (χ3v) is 10.8. The summed E-state index contributed by atoms with van der Waals surface area (Å²) < 4.78 is 0. The van der Waals surface area contributed by atoms with E-state index in [-0.39, 0.29) is 0 Å². The molecular formula is C51H31N5. The topological polar surface area (TPSA) is 64.5 Å². The van der Waals surface area contributed by atoms with Crippen LogP contribution in [0.5, 0.6) is 0 Å². The second-order valence-corrected chi connectivity index (χ2v) is 14.1. The van der Waals surface area contributed by atoms with Crippen LogP contribution in [0.3, 0.4) is 0 Å². The molecule has 0 aliphatic heterocycles. The highest BCUT2D eigenvalue weighted by Crippen LogP contribution is 2.38. The smallest absolute Gasteiger partial charge is 0.0972 e. The number of nitrogens with zero attached hydrogens (tertiary/aromatic N) is 5. The average molecular weight is 714 g/mol. The summed E-state index contributed by atoms with van der Waals surface area (Å²) in [5, 5.41) is 6.63. The molecule has 5 nitrogen and oxygen atoms in total. The van der Waals surface area contributed by atoms with E-state index in [9.17, 15) is 0 Å². The Morgan fingerprint density at radius 3 is 1.45 bits per heavy atom. The summed E-state index contributed by atoms with van der Waals surface area (Å²) in [7, 11) is 0. The van der Waals surface area contributed by atoms with Crippen molar-refractivity contribution in [1.29, 1.82) is 0 Å². The van der Waals surface area contributed by atoms with Crippen molar-refractivity contribution in [3.8, 4) is 56.2 Å². The highest BCUT2D eigenvalue weighted by molar-refractivity contribution is 6.08. The molecule has 0 amide bonds. The maximum atomic E-state index is 5.30. The fourth-order valence-corrected chi connectivity index (χ4v) is 7.87. The molecule has 11 aromatic rings. The maximum absolute atomic E-state index is 5.30. The number of hydrogen-bond donors (Lipinski definition) is 0. The SMILES string of the molecule is c1ccc(-c2ccc3ccc4ccc(-c5ccc(-c6ccc7ccc(-c8ccc9ccc(-c%10ccncc%10)nc9c8)nc7c6)c6ccccc56)nc4c3n2)cc1. The molecule has 0 saturated heterocycles. The second kappa shape index (κ2) is 13.0. The zero-order valence-corrected chi connectivity index (χ0v) is 30.1. The number of benzene rings is 6. The van der Waals surface area contributed by atoms with Crippen LogP contribution in [0.2, 0.25) is 0 Å². The first-order chi connectivity index (χ1) is 27.7. The largest absolute Gasteiger partial charge is 0.265 e. The van der Waals surface area contributed by atoms with Gasteiger partial charge in [0.1, 0.15) is 0 Å². The molecule has 6 aromatic carbocycles. The third-order valence-electron chi connectivity index (χ3n) is 10.8. The van der Waals surface area contributed by atoms with Crippen LogP contribution in [0.1, 0.15) is 0 Å². The van der Waals surface area contributed by atoms with E-state index < -0.39 is 0 Å². The van der Waals surface area contributed by atoms with Gasteiger partial charge in [-0.15, -0.1) is 0 Å². The first kappa shape index (κ1) is 31.9. The molecule has 56 heavy (non-hydrogen) atoms. The zero-order valence-electron chi connectivity index (χ0n) is 30.1. The lowest BCUT2D eigenvalue weighted by Crippen LogP contribution is -1.92. The van der Waals surface area contributed by atoms with E-state index in [0.717, 1.165) is 111 Å². The van der Waals surface area contributed by atoms with E-state index >= 15 is 0 Å². The number of pyridine rings is 5. The Labute approximate surface area is 322 Å². The van der Waals surface area contributed by atoms with Gasteiger partial charge in [0.2, 0.25) is 0 Å². The summed E-state index contributed by atoms with van der Waals surface area (Å²) in [6.45, 7) is 0. The lowest BCUT2D eigenvalue weighted by atomic mass is 9.93. The lowest BCUT2D eigenvalue weighted by molar-refractivity contribution is 1.31. The van der Waals surface area contributed by atoms with E-state index in [4.69, 9.17) is 19.9 Å². The molecule has 0 saturated carbocycles. The average Bonchev–Trinajstić information content (AvgIpc) is 3.28. The minimum Gasteiger partial charge on any atom is -0.265 e. The molecule has 0 aliphatic rings. The molecule has 0 fully saturated rings. The summed E-state index contributed by atoms with van der Waals surface area (Å²) in [6, 6.07) is 61.5. The predicted octanol–water partition coefficient (Wildman–Crippen LogP) is 12.8. The van der Waals surface area contributed by atoms with Gasteiger partial charge in [-0.2, -0.15) is 0 Å². The summed E-state index contributed by atoms with van der Waals surface area (Å²) in [5.74, 6) is 0. The van der Waals surface area contributed by atoms with Crippen LogP contribution in [-0.2, 0) is 0 Å². The highest BCUT2D eigenvalue weighted by Gasteiger charge is 2.14. The first-order valence-corrected chi connectivity index (χ1v) is 18.7. The van der Waals surface area contributed by atoms with Crippen LogP contribution in [0.4, 0.5) is 0 Å². The third kappa shape index (κ3) is 5.53. The fourth-order valence-electron chi connectivity index (χ4n) is 7.87. The molecule has 0 N–H and O–H groups in total. The molecule has 260 valence electrons. The van der Waals surface area contributed by atoms with Gasteiger partial charge in [0, 0.05) is 56.2 Å². The van der Waals surface area contributed by atoms with Crippen molar-refractivity contribution in [1.82, 2.24) is 24.9 Å². The molecular weight excluding hydrogens is 683 g/mol. The van der Waals surface area contributed by atoms with Crippen molar-refractivity contribution in [2.45, 2.75) is 0 Å². The Kier molecular flexibility index (Phi) is 7.42. The monoisotopic (exact) mass is 713 g/mol. The number of fused-ring (bicyclic) bond motifs is 6. The van der Waals surface area contributed by atoms with Crippen LogP contribution in [0.25, 0.3) is 111 Å². The molecule has 0 aliphatic carbocycles. The fraction of sp³-hybridized carbons (Fsp3) is 0. The maximum Gasteiger partial charge on any atom is 0.0972 e. The first-order valence-electron chi connectivity index (χ1n) is 18.7. The Balaban J connectivity index is 0.985. The Bertz CT molecular complexity index is 3310. The Morgan fingerprint density at radius 2 is 0.750 bits per heavy atom. The Hall–Kier alpha value is -7.63. The molecule has 0 spiro atoms. The normalized spacial score (nSPS) is 11.6. The van der Waals surface area contributed by atoms with Gasteiger partial charge in [0.15, 0.2) is 0 Å². The van der Waals surface area contributed by atoms with Crippen LogP contribution in [0, 0.1) is 0 Å². The molecule has 5 heteroatoms. The minimum atomic E-state index is 0.902. The van der Waals surface area contributed by atoms with Crippen molar-refractivity contribution in [2.75, 3.05) is 0 Å². The van der Waals surface area contributed by atoms with E-state index in [1.807, 2.05) is 30.3 Å². The molecule has 0 bridgehead atoms. The summed E-state index contributed by atoms with van der Waals surface area (Å²) >= 11 is 0. The van der Waals surface area contributed by atoms with Crippen molar-refractivity contribution < 1.29 is 0 Å². The standard InChI is InChI=1S/C51H31N5/c1-2-6-32(7-3-1)45-24-18-36-12-13-37-19-25-47(56-51(37)50(36)55-45)43-21-20-40(41-8-4-5-9-42(41)43)38-14-10-33-17-23-46(54-48(33)30-38)39-15-11-34-16-22-44(53-49(34)31-39)35-26-28-52-29-27-35/h1-31H. The molecule has 11 rings (SSSR count). The lowest BCUT2D eigenvalue weighted by Gasteiger charge is -2.13. The molecule has 0 radical (unpaired) electrons. The van der Waals surface area contributed by atoms with Crippen LogP contribution in [0.15, 0.2) is 188 Å². The van der Waals surface area contributed by atoms with Crippen molar-refractivity contribution in [2.24, 2.45) is 0 Å². The van der Waals surface area contributed by atoms with Gasteiger partial charge in [-0.25, -0.2) is 19.9 Å². The van der Waals surface area contributed by atoms with Crippen LogP contribution >= 0.6 is 0 Å². The summed E-state index contributed by atoms with van der Waals surface area (Å²) in [4.78, 5) is 24.8. The summed E-state index contributed by atoms with van der Waals surface area (Å²) in [6.07, 6.45) is 3.59. The number of hydrogen-bond acceptors (Lipinski definition) is 5. The zero-order chi connectivity index (χ0) is 37.0. The van der Waals surface area contributed by atoms with Crippen molar-refractivity contribution in [3.63, 3.8) is 0 Å². The number of aromatic nitrogens is 5. The van der Waals surface area contributed by atoms with E-state index in [1.165, 1.54) is 0 Å². The minimum absolute atomic E-state index is 0.902. The van der Waals surface area contributed by atoms with Gasteiger partial charge in [0.25, 0.3) is 0 Å². The Morgan fingerprint density at radius 1 is 0.286 bits per heavy atom. The van der Waals surface area contributed by atoms with Gasteiger partial charge in [0.05, 0.1) is 44.8 Å². The highest BCUT2D eigenvalue weighted by atomic mass is 14.8. The number of rotatable bonds is 5. The van der Waals surface area contributed by atoms with Crippen LogP contribution in [-0.4, -0.2) is 24.9 Å². The van der Waals surface area contributed by atoms with E-state index in [2.05, 4.69) is 151 Å². The molecule has 5 heterocycles. The van der Waals surface area contributed by atoms with Crippen molar-refractivity contribution >= 4 is 54.4 Å². The molecule has 5 aromatic heterocycles. The van der Waals surface area contributed by atoms with Gasteiger partial charge in [-0.05, 0) is 70.4 Å². The molecule has 0 atom stereocenters.